The fourth-order valence-corrected chi connectivity index (χ4v) is 4.80. The number of halogens is 1. The van der Waals surface area contributed by atoms with Gasteiger partial charge in [0.25, 0.3) is 0 Å². The number of nitrogens with one attached hydrogen (secondary N) is 1. The molecule has 3 rings (SSSR count). The van der Waals surface area contributed by atoms with Crippen molar-refractivity contribution in [3.8, 4) is 0 Å². The van der Waals surface area contributed by atoms with E-state index in [0.29, 0.717) is 24.3 Å². The first kappa shape index (κ1) is 23.9. The van der Waals surface area contributed by atoms with E-state index in [1.165, 1.54) is 24.3 Å². The van der Waals surface area contributed by atoms with Gasteiger partial charge >= 0.3 is 5.97 Å². The highest BCUT2D eigenvalue weighted by Gasteiger charge is 2.19. The molecule has 1 heterocycles. The molecular weight excluding hydrogens is 448 g/mol. The van der Waals surface area contributed by atoms with E-state index >= 15 is 0 Å². The van der Waals surface area contributed by atoms with Crippen LogP contribution in [0.4, 0.5) is 0 Å². The molecule has 0 aliphatic rings. The maximum atomic E-state index is 12.5. The first-order valence-corrected chi connectivity index (χ1v) is 12.1. The lowest BCUT2D eigenvalue weighted by molar-refractivity contribution is -0.137. The van der Waals surface area contributed by atoms with Crippen molar-refractivity contribution in [2.45, 2.75) is 36.5 Å². The second-order valence-electron chi connectivity index (χ2n) is 7.50. The zero-order valence-corrected chi connectivity index (χ0v) is 19.0. The highest BCUT2D eigenvalue weighted by molar-refractivity contribution is 7.89. The van der Waals surface area contributed by atoms with Crippen LogP contribution in [0, 0.1) is 0 Å². The first-order valence-electron chi connectivity index (χ1n) is 10.3. The van der Waals surface area contributed by atoms with Crippen LogP contribution in [0.5, 0.6) is 0 Å². The number of pyridine rings is 1. The SMILES string of the molecule is O=C(O)CCC(Cc1cccnc1)c1ccccc1CCNS(=O)(=O)c1ccc(Cl)cc1. The summed E-state index contributed by atoms with van der Waals surface area (Å²) in [5.41, 5.74) is 3.05. The molecule has 1 unspecified atom stereocenters. The van der Waals surface area contributed by atoms with Gasteiger partial charge in [0.1, 0.15) is 0 Å². The van der Waals surface area contributed by atoms with Gasteiger partial charge in [0.2, 0.25) is 10.0 Å². The predicted octanol–water partition coefficient (Wildman–Crippen LogP) is 4.45. The molecule has 0 aliphatic carbocycles. The Morgan fingerprint density at radius 1 is 1.06 bits per heavy atom. The third kappa shape index (κ3) is 6.88. The van der Waals surface area contributed by atoms with Crippen molar-refractivity contribution in [1.29, 1.82) is 0 Å². The summed E-state index contributed by atoms with van der Waals surface area (Å²) in [5.74, 6) is -0.853. The molecule has 168 valence electrons. The van der Waals surface area contributed by atoms with Gasteiger partial charge in [-0.05, 0) is 72.2 Å². The van der Waals surface area contributed by atoms with Crippen LogP contribution in [0.2, 0.25) is 5.02 Å². The van der Waals surface area contributed by atoms with Crippen LogP contribution in [-0.4, -0.2) is 31.0 Å². The van der Waals surface area contributed by atoms with Gasteiger partial charge in [0, 0.05) is 30.4 Å². The number of aromatic nitrogens is 1. The van der Waals surface area contributed by atoms with Crippen LogP contribution in [0.15, 0.2) is 78.0 Å². The Labute approximate surface area is 193 Å². The molecule has 2 N–H and O–H groups in total. The van der Waals surface area contributed by atoms with Crippen LogP contribution in [0.1, 0.15) is 35.4 Å². The minimum absolute atomic E-state index is 0.0145. The lowest BCUT2D eigenvalue weighted by Gasteiger charge is -2.20. The fraction of sp³-hybridized carbons (Fsp3) is 0.250. The third-order valence-corrected chi connectivity index (χ3v) is 6.95. The number of sulfonamides is 1. The minimum atomic E-state index is -3.64. The quantitative estimate of drug-likeness (QED) is 0.430. The summed E-state index contributed by atoms with van der Waals surface area (Å²) < 4.78 is 27.7. The molecule has 32 heavy (non-hydrogen) atoms. The number of hydrogen-bond acceptors (Lipinski definition) is 4. The summed E-state index contributed by atoms with van der Waals surface area (Å²) in [5, 5.41) is 9.67. The zero-order valence-electron chi connectivity index (χ0n) is 17.4. The molecule has 0 radical (unpaired) electrons. The molecule has 3 aromatic rings. The van der Waals surface area contributed by atoms with Crippen molar-refractivity contribution in [2.75, 3.05) is 6.54 Å². The van der Waals surface area contributed by atoms with Crippen molar-refractivity contribution < 1.29 is 18.3 Å². The monoisotopic (exact) mass is 472 g/mol. The normalized spacial score (nSPS) is 12.4. The predicted molar refractivity (Wildman–Crippen MR) is 124 cm³/mol. The largest absolute Gasteiger partial charge is 0.481 e. The Hall–Kier alpha value is -2.74. The van der Waals surface area contributed by atoms with E-state index in [4.69, 9.17) is 11.6 Å². The smallest absolute Gasteiger partial charge is 0.303 e. The van der Waals surface area contributed by atoms with E-state index < -0.39 is 16.0 Å². The van der Waals surface area contributed by atoms with Crippen molar-refractivity contribution in [3.05, 3.63) is 94.8 Å². The van der Waals surface area contributed by atoms with Crippen LogP contribution in [0.25, 0.3) is 0 Å². The highest BCUT2D eigenvalue weighted by Crippen LogP contribution is 2.29. The Morgan fingerprint density at radius 2 is 1.81 bits per heavy atom. The Kier molecular flexibility index (Phi) is 8.39. The second kappa shape index (κ2) is 11.2. The molecule has 0 fully saturated rings. The molecule has 0 amide bonds. The van der Waals surface area contributed by atoms with Gasteiger partial charge in [-0.25, -0.2) is 13.1 Å². The molecule has 0 aliphatic heterocycles. The lowest BCUT2D eigenvalue weighted by Crippen LogP contribution is -2.26. The molecule has 0 saturated heterocycles. The fourth-order valence-electron chi connectivity index (χ4n) is 3.65. The molecular formula is C24H25ClN2O4S. The van der Waals surface area contributed by atoms with Crippen molar-refractivity contribution in [2.24, 2.45) is 0 Å². The van der Waals surface area contributed by atoms with E-state index in [9.17, 15) is 18.3 Å². The molecule has 0 spiro atoms. The standard InChI is InChI=1S/C24H25ClN2O4S/c25-21-8-10-22(11-9-21)32(30,31)27-15-13-19-5-1-2-6-23(19)20(7-12-24(28)29)16-18-4-3-14-26-17-18/h1-6,8-11,14,17,20,27H,7,12-13,15-16H2,(H,28,29). The second-order valence-corrected chi connectivity index (χ2v) is 9.70. The number of benzene rings is 2. The zero-order chi connectivity index (χ0) is 23.0. The van der Waals surface area contributed by atoms with Crippen molar-refractivity contribution in [3.63, 3.8) is 0 Å². The van der Waals surface area contributed by atoms with E-state index in [2.05, 4.69) is 9.71 Å². The van der Waals surface area contributed by atoms with Crippen molar-refractivity contribution >= 4 is 27.6 Å². The van der Waals surface area contributed by atoms with E-state index in [-0.39, 0.29) is 23.8 Å². The van der Waals surface area contributed by atoms with Crippen LogP contribution >= 0.6 is 11.6 Å². The lowest BCUT2D eigenvalue weighted by atomic mass is 9.85. The molecule has 6 nitrogen and oxygen atoms in total. The van der Waals surface area contributed by atoms with Gasteiger partial charge < -0.3 is 5.11 Å². The molecule has 0 saturated carbocycles. The average molecular weight is 473 g/mol. The number of carbonyl (C=O) groups is 1. The molecule has 2 aromatic carbocycles. The molecule has 0 bridgehead atoms. The number of rotatable bonds is 11. The number of carboxylic acid groups (broad SMARTS) is 1. The van der Waals surface area contributed by atoms with Crippen LogP contribution < -0.4 is 4.72 Å². The average Bonchev–Trinajstić information content (AvgIpc) is 2.78. The van der Waals surface area contributed by atoms with E-state index in [0.717, 1.165) is 16.7 Å². The van der Waals surface area contributed by atoms with Crippen LogP contribution in [0.3, 0.4) is 0 Å². The number of hydrogen-bond donors (Lipinski definition) is 2. The van der Waals surface area contributed by atoms with E-state index in [1.54, 1.807) is 12.4 Å². The summed E-state index contributed by atoms with van der Waals surface area (Å²) in [6.45, 7) is 0.223. The van der Waals surface area contributed by atoms with Gasteiger partial charge in [-0.15, -0.1) is 0 Å². The maximum Gasteiger partial charge on any atom is 0.303 e. The first-order chi connectivity index (χ1) is 15.3. The van der Waals surface area contributed by atoms with Crippen molar-refractivity contribution in [1.82, 2.24) is 9.71 Å². The topological polar surface area (TPSA) is 96.4 Å². The summed E-state index contributed by atoms with van der Waals surface area (Å²) in [4.78, 5) is 15.5. The van der Waals surface area contributed by atoms with E-state index in [1.807, 2.05) is 36.4 Å². The number of nitrogens with zero attached hydrogens (tertiary/aromatic N) is 1. The summed E-state index contributed by atoms with van der Waals surface area (Å²) >= 11 is 5.84. The van der Waals surface area contributed by atoms with Gasteiger partial charge in [0.15, 0.2) is 0 Å². The highest BCUT2D eigenvalue weighted by atomic mass is 35.5. The summed E-state index contributed by atoms with van der Waals surface area (Å²) in [6, 6.07) is 17.6. The van der Waals surface area contributed by atoms with Crippen LogP contribution in [-0.2, 0) is 27.7 Å². The number of aliphatic carboxylic acids is 1. The Balaban J connectivity index is 1.74. The number of carboxylic acids is 1. The summed E-state index contributed by atoms with van der Waals surface area (Å²) in [7, 11) is -3.64. The van der Waals surface area contributed by atoms with Gasteiger partial charge in [0.05, 0.1) is 4.90 Å². The summed E-state index contributed by atoms with van der Waals surface area (Å²) in [6.07, 6.45) is 5.18. The molecule has 8 heteroatoms. The maximum absolute atomic E-state index is 12.5. The van der Waals surface area contributed by atoms with Gasteiger partial charge in [-0.3, -0.25) is 9.78 Å². The Morgan fingerprint density at radius 3 is 2.50 bits per heavy atom. The molecule has 1 aromatic heterocycles. The Bertz CT molecular complexity index is 1140. The molecule has 1 atom stereocenters. The third-order valence-electron chi connectivity index (χ3n) is 5.22. The van der Waals surface area contributed by atoms with Gasteiger partial charge in [-0.1, -0.05) is 41.9 Å². The van der Waals surface area contributed by atoms with Gasteiger partial charge in [-0.2, -0.15) is 0 Å². The minimum Gasteiger partial charge on any atom is -0.481 e.